The van der Waals surface area contributed by atoms with Gasteiger partial charge >= 0.3 is 6.03 Å². The van der Waals surface area contributed by atoms with Crippen LogP contribution in [0, 0.1) is 6.92 Å². The van der Waals surface area contributed by atoms with E-state index in [0.29, 0.717) is 11.7 Å². The Kier molecular flexibility index (Phi) is 6.16. The molecule has 9 nitrogen and oxygen atoms in total. The van der Waals surface area contributed by atoms with Crippen LogP contribution in [0.3, 0.4) is 0 Å². The van der Waals surface area contributed by atoms with Gasteiger partial charge in [-0.05, 0) is 50.7 Å². The van der Waals surface area contributed by atoms with Crippen LogP contribution >= 0.6 is 0 Å². The van der Waals surface area contributed by atoms with E-state index < -0.39 is 0 Å². The van der Waals surface area contributed by atoms with Gasteiger partial charge in [0.2, 0.25) is 0 Å². The normalized spacial score (nSPS) is 18.2. The third kappa shape index (κ3) is 4.32. The summed E-state index contributed by atoms with van der Waals surface area (Å²) in [7, 11) is 1.52. The molecule has 1 fully saturated rings. The minimum Gasteiger partial charge on any atom is -0.484 e. The van der Waals surface area contributed by atoms with Gasteiger partial charge in [0.15, 0.2) is 17.5 Å². The predicted molar refractivity (Wildman–Crippen MR) is 126 cm³/mol. The summed E-state index contributed by atoms with van der Waals surface area (Å²) in [5.41, 5.74) is 3.62. The van der Waals surface area contributed by atoms with Gasteiger partial charge in [0, 0.05) is 37.5 Å². The second kappa shape index (κ2) is 9.17. The van der Waals surface area contributed by atoms with Crippen LogP contribution < -0.4 is 15.1 Å². The van der Waals surface area contributed by atoms with Crippen molar-refractivity contribution >= 4 is 30.2 Å². The molecule has 2 bridgehead atoms. The lowest BCUT2D eigenvalue weighted by molar-refractivity contribution is 0.244. The van der Waals surface area contributed by atoms with Gasteiger partial charge in [-0.3, -0.25) is 20.2 Å². The number of hydrogen-bond donors (Lipinski definition) is 1. The van der Waals surface area contributed by atoms with E-state index in [1.807, 2.05) is 31.2 Å². The van der Waals surface area contributed by atoms with E-state index in [4.69, 9.17) is 9.72 Å². The molecule has 2 aromatic heterocycles. The van der Waals surface area contributed by atoms with Crippen LogP contribution in [0.15, 0.2) is 52.5 Å². The monoisotopic (exact) mass is 433 g/mol. The second-order valence-electron chi connectivity index (χ2n) is 7.80. The molecule has 0 spiro atoms. The van der Waals surface area contributed by atoms with Crippen molar-refractivity contribution < 1.29 is 9.53 Å². The van der Waals surface area contributed by atoms with Crippen molar-refractivity contribution in [3.05, 3.63) is 48.2 Å². The molecule has 32 heavy (non-hydrogen) atoms. The number of amides is 2. The number of rotatable bonds is 4. The number of piperidine rings is 1. The van der Waals surface area contributed by atoms with Gasteiger partial charge < -0.3 is 9.64 Å². The lowest BCUT2D eigenvalue weighted by Crippen LogP contribution is -2.57. The number of pyridine rings is 2. The molecule has 1 saturated heterocycles. The zero-order chi connectivity index (χ0) is 22.7. The molecule has 0 radical (unpaired) electrons. The summed E-state index contributed by atoms with van der Waals surface area (Å²) in [6.45, 7) is 8.84. The summed E-state index contributed by atoms with van der Waals surface area (Å²) >= 11 is 0. The van der Waals surface area contributed by atoms with E-state index in [1.165, 1.54) is 13.3 Å². The number of methoxy groups -OCH3 is 1. The molecule has 0 unspecified atom stereocenters. The van der Waals surface area contributed by atoms with Crippen LogP contribution in [0.4, 0.5) is 16.3 Å². The van der Waals surface area contributed by atoms with Gasteiger partial charge in [0.05, 0.1) is 30.7 Å². The maximum absolute atomic E-state index is 13.5. The molecule has 4 heterocycles. The van der Waals surface area contributed by atoms with Crippen molar-refractivity contribution in [1.82, 2.24) is 15.3 Å². The maximum atomic E-state index is 13.5. The zero-order valence-electron chi connectivity index (χ0n) is 18.6. The molecule has 2 aromatic rings. The topological polar surface area (TPSA) is 95.3 Å². The Morgan fingerprint density at radius 3 is 2.97 bits per heavy atom. The number of ether oxygens (including phenoxy) is 1. The van der Waals surface area contributed by atoms with Gasteiger partial charge in [-0.2, -0.15) is 4.99 Å². The van der Waals surface area contributed by atoms with Gasteiger partial charge in [0.1, 0.15) is 0 Å². The Morgan fingerprint density at radius 2 is 2.22 bits per heavy atom. The minimum atomic E-state index is -0.309. The highest BCUT2D eigenvalue weighted by atomic mass is 16.5. The highest BCUT2D eigenvalue weighted by molar-refractivity contribution is 5.97. The van der Waals surface area contributed by atoms with Gasteiger partial charge in [-0.15, -0.1) is 0 Å². The fourth-order valence-electron chi connectivity index (χ4n) is 4.11. The zero-order valence-corrected chi connectivity index (χ0v) is 18.6. The smallest absolute Gasteiger partial charge is 0.329 e. The van der Waals surface area contributed by atoms with Crippen molar-refractivity contribution in [2.45, 2.75) is 32.7 Å². The molecule has 1 atom stereocenters. The van der Waals surface area contributed by atoms with Gasteiger partial charge in [0.25, 0.3) is 0 Å². The molecule has 4 rings (SSSR count). The number of urea groups is 1. The van der Waals surface area contributed by atoms with Crippen LogP contribution in [-0.2, 0) is 4.74 Å². The lowest BCUT2D eigenvalue weighted by atomic mass is 9.99. The molecule has 0 aromatic carbocycles. The molecule has 166 valence electrons. The first kappa shape index (κ1) is 21.5. The summed E-state index contributed by atoms with van der Waals surface area (Å²) in [5, 5.41) is 2.84. The number of aryl methyl sites for hydroxylation is 1. The quantitative estimate of drug-likeness (QED) is 0.588. The van der Waals surface area contributed by atoms with Gasteiger partial charge in [-0.25, -0.2) is 9.78 Å². The van der Waals surface area contributed by atoms with Crippen molar-refractivity contribution in [3.63, 3.8) is 0 Å². The Balaban J connectivity index is 1.73. The predicted octanol–water partition coefficient (Wildman–Crippen LogP) is 3.51. The largest absolute Gasteiger partial charge is 0.484 e. The third-order valence-electron chi connectivity index (χ3n) is 5.62. The SMILES string of the molecule is C=N/C=C(\N=C(C)OC)NC(=O)N1c2nc(-c3ccnc(C)c3)ccc2N2CCC[C@H]1C2. The number of aliphatic imine (C=N–C) groups is 2. The van der Waals surface area contributed by atoms with Crippen LogP contribution in [0.25, 0.3) is 11.3 Å². The average molecular weight is 434 g/mol. The molecular formula is C23H27N7O2. The fraction of sp³-hybridized carbons (Fsp3) is 0.348. The first-order valence-electron chi connectivity index (χ1n) is 10.5. The summed E-state index contributed by atoms with van der Waals surface area (Å²) in [5.74, 6) is 1.30. The van der Waals surface area contributed by atoms with Gasteiger partial charge in [-0.1, -0.05) is 0 Å². The standard InChI is InChI=1S/C23H27N7O2/c1-15-12-17(9-10-25-15)19-7-8-20-22(27-19)30(18-6-5-11-29(20)14-18)23(31)28-21(13-24-3)26-16(2)32-4/h7-10,12-13,18H,3,5-6,11,14H2,1-2,4H3,(H,28,31)/b21-13+,26-16?/t18-/m0/s1. The van der Waals surface area contributed by atoms with E-state index in [-0.39, 0.29) is 17.9 Å². The number of fused-ring (bicyclic) bond motifs is 4. The molecule has 9 heteroatoms. The molecule has 2 amide bonds. The molecule has 1 N–H and O–H groups in total. The van der Waals surface area contributed by atoms with E-state index in [9.17, 15) is 4.79 Å². The number of nitrogens with one attached hydrogen (secondary N) is 1. The number of hydrogen-bond acceptors (Lipinski definition) is 7. The third-order valence-corrected chi connectivity index (χ3v) is 5.62. The number of nitrogens with zero attached hydrogens (tertiary/aromatic N) is 6. The molecule has 0 saturated carbocycles. The van der Waals surface area contributed by atoms with Crippen LogP contribution in [0.1, 0.15) is 25.5 Å². The van der Waals surface area contributed by atoms with Crippen LogP contribution in [-0.4, -0.2) is 54.9 Å². The number of carbonyl (C=O) groups excluding carboxylic acids is 1. The first-order valence-corrected chi connectivity index (χ1v) is 10.5. The average Bonchev–Trinajstić information content (AvgIpc) is 2.79. The first-order chi connectivity index (χ1) is 15.5. The number of aromatic nitrogens is 2. The highest BCUT2D eigenvalue weighted by Gasteiger charge is 2.38. The maximum Gasteiger partial charge on any atom is 0.329 e. The summed E-state index contributed by atoms with van der Waals surface area (Å²) < 4.78 is 5.11. The van der Waals surface area contributed by atoms with Crippen molar-refractivity contribution in [2.75, 3.05) is 30.0 Å². The Bertz CT molecular complexity index is 1100. The Hall–Kier alpha value is -3.75. The lowest BCUT2D eigenvalue weighted by Gasteiger charge is -2.45. The number of carbonyl (C=O) groups is 1. The van der Waals surface area contributed by atoms with Crippen molar-refractivity contribution in [2.24, 2.45) is 9.98 Å². The van der Waals surface area contributed by atoms with E-state index in [2.05, 4.69) is 31.9 Å². The van der Waals surface area contributed by atoms with E-state index in [0.717, 1.165) is 48.6 Å². The summed E-state index contributed by atoms with van der Waals surface area (Å²) in [6, 6.07) is 7.67. The van der Waals surface area contributed by atoms with E-state index in [1.54, 1.807) is 18.0 Å². The van der Waals surface area contributed by atoms with E-state index >= 15 is 0 Å². The van der Waals surface area contributed by atoms with Crippen molar-refractivity contribution in [3.8, 4) is 11.3 Å². The molecule has 2 aliphatic heterocycles. The summed E-state index contributed by atoms with van der Waals surface area (Å²) in [6.07, 6.45) is 5.08. The summed E-state index contributed by atoms with van der Waals surface area (Å²) in [4.78, 5) is 34.7. The number of anilines is 2. The van der Waals surface area contributed by atoms with Crippen LogP contribution in [0.2, 0.25) is 0 Å². The molecule has 2 aliphatic rings. The Labute approximate surface area is 187 Å². The minimum absolute atomic E-state index is 0.0172. The molecule has 0 aliphatic carbocycles. The van der Waals surface area contributed by atoms with Crippen LogP contribution in [0.5, 0.6) is 0 Å². The second-order valence-corrected chi connectivity index (χ2v) is 7.80. The fourth-order valence-corrected chi connectivity index (χ4v) is 4.11. The highest BCUT2D eigenvalue weighted by Crippen LogP contribution is 2.39. The van der Waals surface area contributed by atoms with Crippen molar-refractivity contribution in [1.29, 1.82) is 0 Å². The molecular weight excluding hydrogens is 406 g/mol. The Morgan fingerprint density at radius 1 is 1.38 bits per heavy atom.